The first-order chi connectivity index (χ1) is 8.25. The fraction of sp³-hybridized carbons (Fsp3) is 0.167. The van der Waals surface area contributed by atoms with Crippen molar-refractivity contribution >= 4 is 18.4 Å². The summed E-state index contributed by atoms with van der Waals surface area (Å²) in [6.45, 7) is 0.275. The van der Waals surface area contributed by atoms with Gasteiger partial charge >= 0.3 is 5.97 Å². The maximum Gasteiger partial charge on any atom is 0.341 e. The minimum absolute atomic E-state index is 0. The molecule has 1 aromatic heterocycles. The SMILES string of the molecule is Cl.O=C(O)COc1ccccc1Cn1ccnc1. The minimum atomic E-state index is -0.984. The summed E-state index contributed by atoms with van der Waals surface area (Å²) in [4.78, 5) is 14.4. The van der Waals surface area contributed by atoms with Crippen LogP contribution >= 0.6 is 12.4 Å². The number of hydrogen-bond donors (Lipinski definition) is 1. The highest BCUT2D eigenvalue weighted by molar-refractivity contribution is 5.85. The first kappa shape index (κ1) is 14.1. The van der Waals surface area contributed by atoms with E-state index in [-0.39, 0.29) is 19.0 Å². The van der Waals surface area contributed by atoms with Crippen LogP contribution in [0.15, 0.2) is 43.0 Å². The van der Waals surface area contributed by atoms with Gasteiger partial charge in [-0.3, -0.25) is 0 Å². The lowest BCUT2D eigenvalue weighted by Crippen LogP contribution is -2.11. The van der Waals surface area contributed by atoms with E-state index >= 15 is 0 Å². The van der Waals surface area contributed by atoms with Gasteiger partial charge in [-0.1, -0.05) is 18.2 Å². The molecule has 1 N–H and O–H groups in total. The molecule has 1 aromatic carbocycles. The molecule has 0 aliphatic carbocycles. The van der Waals surface area contributed by atoms with E-state index in [9.17, 15) is 4.79 Å². The van der Waals surface area contributed by atoms with Gasteiger partial charge in [0.15, 0.2) is 6.61 Å². The van der Waals surface area contributed by atoms with E-state index in [1.54, 1.807) is 18.6 Å². The number of carbonyl (C=O) groups is 1. The molecule has 0 bridgehead atoms. The number of imidazole rings is 1. The number of aliphatic carboxylic acids is 1. The third-order valence-corrected chi connectivity index (χ3v) is 2.24. The quantitative estimate of drug-likeness (QED) is 0.898. The van der Waals surface area contributed by atoms with Crippen LogP contribution in [0.3, 0.4) is 0 Å². The standard InChI is InChI=1S/C12H12N2O3.ClH/c15-12(16)8-17-11-4-2-1-3-10(11)7-14-6-5-13-9-14;/h1-6,9H,7-8H2,(H,15,16);1H. The predicted molar refractivity (Wildman–Crippen MR) is 68.1 cm³/mol. The van der Waals surface area contributed by atoms with E-state index in [2.05, 4.69) is 4.98 Å². The summed E-state index contributed by atoms with van der Waals surface area (Å²) >= 11 is 0. The van der Waals surface area contributed by atoms with E-state index in [0.717, 1.165) is 5.56 Å². The molecule has 0 spiro atoms. The summed E-state index contributed by atoms with van der Waals surface area (Å²) in [6.07, 6.45) is 5.24. The zero-order valence-electron chi connectivity index (χ0n) is 9.52. The van der Waals surface area contributed by atoms with E-state index in [0.29, 0.717) is 12.3 Å². The smallest absolute Gasteiger partial charge is 0.341 e. The summed E-state index contributed by atoms with van der Waals surface area (Å²) < 4.78 is 7.11. The molecule has 0 unspecified atom stereocenters. The molecule has 0 saturated carbocycles. The van der Waals surface area contributed by atoms with Crippen LogP contribution in [0.5, 0.6) is 5.75 Å². The van der Waals surface area contributed by atoms with Crippen molar-refractivity contribution in [3.8, 4) is 5.75 Å². The molecule has 6 heteroatoms. The average molecular weight is 269 g/mol. The van der Waals surface area contributed by atoms with Crippen molar-refractivity contribution in [1.29, 1.82) is 0 Å². The molecule has 2 rings (SSSR count). The number of carboxylic acid groups (broad SMARTS) is 1. The molecule has 5 nitrogen and oxygen atoms in total. The van der Waals surface area contributed by atoms with Gasteiger partial charge < -0.3 is 14.4 Å². The van der Waals surface area contributed by atoms with Crippen LogP contribution in [-0.2, 0) is 11.3 Å². The third kappa shape index (κ3) is 3.78. The Hall–Kier alpha value is -2.01. The molecule has 18 heavy (non-hydrogen) atoms. The van der Waals surface area contributed by atoms with Crippen molar-refractivity contribution in [1.82, 2.24) is 9.55 Å². The molecule has 0 fully saturated rings. The van der Waals surface area contributed by atoms with Gasteiger partial charge in [0.2, 0.25) is 0 Å². The molecular formula is C12H13ClN2O3. The predicted octanol–water partition coefficient (Wildman–Crippen LogP) is 1.82. The molecule has 96 valence electrons. The Bertz CT molecular complexity index is 500. The average Bonchev–Trinajstić information content (AvgIpc) is 2.80. The number of para-hydroxylation sites is 1. The highest BCUT2D eigenvalue weighted by Gasteiger charge is 2.05. The van der Waals surface area contributed by atoms with Gasteiger partial charge in [0.05, 0.1) is 12.9 Å². The Morgan fingerprint density at radius 2 is 2.17 bits per heavy atom. The topological polar surface area (TPSA) is 64.3 Å². The summed E-state index contributed by atoms with van der Waals surface area (Å²) in [5.41, 5.74) is 0.923. The van der Waals surface area contributed by atoms with E-state index in [1.807, 2.05) is 29.0 Å². The number of aromatic nitrogens is 2. The number of benzene rings is 1. The van der Waals surface area contributed by atoms with Crippen molar-refractivity contribution in [2.45, 2.75) is 6.54 Å². The number of hydrogen-bond acceptors (Lipinski definition) is 3. The van der Waals surface area contributed by atoms with Crippen LogP contribution in [0.1, 0.15) is 5.56 Å². The van der Waals surface area contributed by atoms with Gasteiger partial charge in [0.25, 0.3) is 0 Å². The second kappa shape index (κ2) is 6.66. The summed E-state index contributed by atoms with van der Waals surface area (Å²) in [7, 11) is 0. The monoisotopic (exact) mass is 268 g/mol. The Kier molecular flexibility index (Phi) is 5.20. The van der Waals surface area contributed by atoms with Crippen molar-refractivity contribution in [3.63, 3.8) is 0 Å². The van der Waals surface area contributed by atoms with Crippen LogP contribution in [0.4, 0.5) is 0 Å². The second-order valence-electron chi connectivity index (χ2n) is 3.53. The first-order valence-corrected chi connectivity index (χ1v) is 5.14. The molecule has 0 radical (unpaired) electrons. The van der Waals surface area contributed by atoms with Gasteiger partial charge in [0.1, 0.15) is 5.75 Å². The van der Waals surface area contributed by atoms with Crippen LogP contribution in [-0.4, -0.2) is 27.2 Å². The molecule has 2 aromatic rings. The highest BCUT2D eigenvalue weighted by Crippen LogP contribution is 2.18. The lowest BCUT2D eigenvalue weighted by atomic mass is 10.2. The molecular weight excluding hydrogens is 256 g/mol. The molecule has 0 aliphatic rings. The van der Waals surface area contributed by atoms with Crippen molar-refractivity contribution < 1.29 is 14.6 Å². The largest absolute Gasteiger partial charge is 0.482 e. The summed E-state index contributed by atoms with van der Waals surface area (Å²) in [6, 6.07) is 7.36. The Morgan fingerprint density at radius 3 is 2.83 bits per heavy atom. The number of nitrogens with zero attached hydrogens (tertiary/aromatic N) is 2. The van der Waals surface area contributed by atoms with Gasteiger partial charge in [-0.05, 0) is 6.07 Å². The van der Waals surface area contributed by atoms with Gasteiger partial charge in [0, 0.05) is 18.0 Å². The van der Waals surface area contributed by atoms with Crippen LogP contribution in [0.25, 0.3) is 0 Å². The number of rotatable bonds is 5. The number of halogens is 1. The molecule has 1 heterocycles. The van der Waals surface area contributed by atoms with Crippen LogP contribution < -0.4 is 4.74 Å². The molecule has 0 aliphatic heterocycles. The zero-order chi connectivity index (χ0) is 12.1. The Labute approximate surface area is 110 Å². The van der Waals surface area contributed by atoms with Crippen molar-refractivity contribution in [2.75, 3.05) is 6.61 Å². The van der Waals surface area contributed by atoms with Gasteiger partial charge in [-0.2, -0.15) is 0 Å². The first-order valence-electron chi connectivity index (χ1n) is 5.14. The van der Waals surface area contributed by atoms with E-state index in [4.69, 9.17) is 9.84 Å². The number of carboxylic acids is 1. The number of ether oxygens (including phenoxy) is 1. The maximum atomic E-state index is 10.5. The normalized spacial score (nSPS) is 9.56. The molecule has 0 amide bonds. The van der Waals surface area contributed by atoms with E-state index in [1.165, 1.54) is 0 Å². The van der Waals surface area contributed by atoms with Crippen LogP contribution in [0, 0.1) is 0 Å². The summed E-state index contributed by atoms with van der Waals surface area (Å²) in [5.74, 6) is -0.397. The minimum Gasteiger partial charge on any atom is -0.482 e. The van der Waals surface area contributed by atoms with Crippen molar-refractivity contribution in [2.24, 2.45) is 0 Å². The van der Waals surface area contributed by atoms with E-state index < -0.39 is 5.97 Å². The lowest BCUT2D eigenvalue weighted by molar-refractivity contribution is -0.139. The fourth-order valence-corrected chi connectivity index (χ4v) is 1.49. The zero-order valence-corrected chi connectivity index (χ0v) is 10.3. The lowest BCUT2D eigenvalue weighted by Gasteiger charge is -2.10. The Morgan fingerprint density at radius 1 is 1.39 bits per heavy atom. The highest BCUT2D eigenvalue weighted by atomic mass is 35.5. The molecule has 0 saturated heterocycles. The fourth-order valence-electron chi connectivity index (χ4n) is 1.49. The maximum absolute atomic E-state index is 10.5. The van der Waals surface area contributed by atoms with Crippen molar-refractivity contribution in [3.05, 3.63) is 48.5 Å². The third-order valence-electron chi connectivity index (χ3n) is 2.24. The Balaban J connectivity index is 0.00000162. The van der Waals surface area contributed by atoms with Crippen LogP contribution in [0.2, 0.25) is 0 Å². The molecule has 0 atom stereocenters. The van der Waals surface area contributed by atoms with Gasteiger partial charge in [-0.15, -0.1) is 12.4 Å². The summed E-state index contributed by atoms with van der Waals surface area (Å²) in [5, 5.41) is 8.58. The van der Waals surface area contributed by atoms with Gasteiger partial charge in [-0.25, -0.2) is 9.78 Å². The second-order valence-corrected chi connectivity index (χ2v) is 3.53.